The lowest BCUT2D eigenvalue weighted by Crippen LogP contribution is -2.28. The first-order valence-corrected chi connectivity index (χ1v) is 9.55. The number of fused-ring (bicyclic) bond motifs is 1. The van der Waals surface area contributed by atoms with Gasteiger partial charge in [-0.05, 0) is 39.0 Å². The maximum Gasteiger partial charge on any atom is 0.257 e. The average Bonchev–Trinajstić information content (AvgIpc) is 3.02. The molecule has 2 heterocycles. The minimum Gasteiger partial charge on any atom is -0.334 e. The van der Waals surface area contributed by atoms with Crippen molar-refractivity contribution in [2.75, 3.05) is 7.05 Å². The van der Waals surface area contributed by atoms with E-state index in [1.54, 1.807) is 11.9 Å². The number of carbonyl (C=O) groups is 1. The Hall–Kier alpha value is -3.54. The van der Waals surface area contributed by atoms with Crippen molar-refractivity contribution in [3.63, 3.8) is 0 Å². The first-order valence-electron chi connectivity index (χ1n) is 9.55. The Kier molecular flexibility index (Phi) is 4.84. The third-order valence-electron chi connectivity index (χ3n) is 5.07. The number of carbonyl (C=O) groups excluding carboxylic acids is 1. The fourth-order valence-corrected chi connectivity index (χ4v) is 3.61. The van der Waals surface area contributed by atoms with E-state index < -0.39 is 0 Å². The molecule has 4 rings (SSSR count). The zero-order valence-electron chi connectivity index (χ0n) is 17.0. The van der Waals surface area contributed by atoms with E-state index in [0.29, 0.717) is 23.6 Å². The number of hydrogen-bond acceptors (Lipinski definition) is 4. The summed E-state index contributed by atoms with van der Waals surface area (Å²) in [5, 5.41) is 5.61. The van der Waals surface area contributed by atoms with E-state index in [1.165, 1.54) is 0 Å². The Labute approximate surface area is 169 Å². The molecule has 0 bridgehead atoms. The second-order valence-electron chi connectivity index (χ2n) is 7.20. The minimum atomic E-state index is -0.0865. The predicted molar refractivity (Wildman–Crippen MR) is 113 cm³/mol. The molecule has 1 amide bonds. The molecule has 0 N–H and O–H groups in total. The summed E-state index contributed by atoms with van der Waals surface area (Å²) < 4.78 is 1.81. The molecule has 0 saturated heterocycles. The van der Waals surface area contributed by atoms with Crippen LogP contribution in [0, 0.1) is 20.8 Å². The summed E-state index contributed by atoms with van der Waals surface area (Å²) in [5.41, 5.74) is 4.88. The highest BCUT2D eigenvalue weighted by atomic mass is 16.2. The van der Waals surface area contributed by atoms with Gasteiger partial charge in [-0.15, -0.1) is 0 Å². The van der Waals surface area contributed by atoms with E-state index in [0.717, 1.165) is 28.0 Å². The molecule has 6 nitrogen and oxygen atoms in total. The molecule has 2 aromatic carbocycles. The van der Waals surface area contributed by atoms with Crippen LogP contribution in [-0.4, -0.2) is 37.6 Å². The highest BCUT2D eigenvalue weighted by Gasteiger charge is 2.23. The topological polar surface area (TPSA) is 63.9 Å². The summed E-state index contributed by atoms with van der Waals surface area (Å²) in [5.74, 6) is 0.541. The molecule has 4 aromatic rings. The minimum absolute atomic E-state index is 0.0865. The van der Waals surface area contributed by atoms with Crippen molar-refractivity contribution in [1.29, 1.82) is 0 Å². The molecule has 0 spiro atoms. The lowest BCUT2D eigenvalue weighted by Gasteiger charge is -2.17. The largest absolute Gasteiger partial charge is 0.334 e. The number of hydrogen-bond donors (Lipinski definition) is 0. The molecule has 0 saturated carbocycles. The number of benzene rings is 2. The molecule has 0 aliphatic carbocycles. The second-order valence-corrected chi connectivity index (χ2v) is 7.20. The molecular weight excluding hydrogens is 362 g/mol. The van der Waals surface area contributed by atoms with Crippen molar-refractivity contribution >= 4 is 16.8 Å². The number of nitrogens with zero attached hydrogens (tertiary/aromatic N) is 5. The van der Waals surface area contributed by atoms with E-state index in [2.05, 4.69) is 15.1 Å². The summed E-state index contributed by atoms with van der Waals surface area (Å²) in [7, 11) is 1.77. The van der Waals surface area contributed by atoms with E-state index in [9.17, 15) is 4.79 Å². The maximum absolute atomic E-state index is 13.2. The van der Waals surface area contributed by atoms with Crippen molar-refractivity contribution < 1.29 is 4.79 Å². The molecule has 0 aliphatic heterocycles. The zero-order chi connectivity index (χ0) is 20.5. The first kappa shape index (κ1) is 18.8. The van der Waals surface area contributed by atoms with Gasteiger partial charge in [0.05, 0.1) is 34.7 Å². The molecule has 146 valence electrons. The summed E-state index contributed by atoms with van der Waals surface area (Å²) in [4.78, 5) is 24.1. The van der Waals surface area contributed by atoms with Crippen LogP contribution in [0.25, 0.3) is 16.6 Å². The predicted octanol–water partition coefficient (Wildman–Crippen LogP) is 4.01. The van der Waals surface area contributed by atoms with Gasteiger partial charge in [0.1, 0.15) is 5.82 Å². The third kappa shape index (κ3) is 3.49. The summed E-state index contributed by atoms with van der Waals surface area (Å²) in [6.07, 6.45) is 0. The highest BCUT2D eigenvalue weighted by molar-refractivity contribution is 5.96. The van der Waals surface area contributed by atoms with Gasteiger partial charge in [0.2, 0.25) is 0 Å². The van der Waals surface area contributed by atoms with Crippen molar-refractivity contribution in [2.45, 2.75) is 27.3 Å². The molecule has 29 heavy (non-hydrogen) atoms. The Balaban J connectivity index is 1.63. The van der Waals surface area contributed by atoms with Gasteiger partial charge in [0.25, 0.3) is 5.91 Å². The molecule has 6 heteroatoms. The monoisotopic (exact) mass is 385 g/mol. The molecule has 0 aliphatic rings. The average molecular weight is 385 g/mol. The maximum atomic E-state index is 13.2. The van der Waals surface area contributed by atoms with Crippen LogP contribution in [0.1, 0.15) is 33.3 Å². The van der Waals surface area contributed by atoms with Crippen LogP contribution in [0.4, 0.5) is 0 Å². The fraction of sp³-hybridized carbons (Fsp3) is 0.217. The van der Waals surface area contributed by atoms with Crippen LogP contribution in [-0.2, 0) is 6.54 Å². The summed E-state index contributed by atoms with van der Waals surface area (Å²) >= 11 is 0. The molecule has 2 aromatic heterocycles. The van der Waals surface area contributed by atoms with Gasteiger partial charge in [-0.1, -0.05) is 36.4 Å². The summed E-state index contributed by atoms with van der Waals surface area (Å²) in [6, 6.07) is 17.7. The lowest BCUT2D eigenvalue weighted by atomic mass is 10.1. The smallest absolute Gasteiger partial charge is 0.257 e. The van der Waals surface area contributed by atoms with Gasteiger partial charge in [-0.3, -0.25) is 4.79 Å². The fourth-order valence-electron chi connectivity index (χ4n) is 3.61. The molecule has 0 atom stereocenters. The van der Waals surface area contributed by atoms with Crippen LogP contribution in [0.15, 0.2) is 54.6 Å². The van der Waals surface area contributed by atoms with Crippen LogP contribution in [0.3, 0.4) is 0 Å². The molecular formula is C23H23N5O. The van der Waals surface area contributed by atoms with E-state index in [-0.39, 0.29) is 5.91 Å². The molecule has 0 fully saturated rings. The third-order valence-corrected chi connectivity index (χ3v) is 5.07. The van der Waals surface area contributed by atoms with Gasteiger partial charge in [-0.25, -0.2) is 14.6 Å². The lowest BCUT2D eigenvalue weighted by molar-refractivity contribution is 0.0780. The van der Waals surface area contributed by atoms with Gasteiger partial charge in [0, 0.05) is 18.1 Å². The normalized spacial score (nSPS) is 11.0. The first-order chi connectivity index (χ1) is 14.0. The number of aryl methyl sites for hydroxylation is 2. The summed E-state index contributed by atoms with van der Waals surface area (Å²) in [6.45, 7) is 6.09. The number of aromatic nitrogens is 4. The Morgan fingerprint density at radius 2 is 1.62 bits per heavy atom. The van der Waals surface area contributed by atoms with Crippen LogP contribution < -0.4 is 0 Å². The zero-order valence-corrected chi connectivity index (χ0v) is 17.0. The quantitative estimate of drug-likeness (QED) is 0.532. The van der Waals surface area contributed by atoms with Crippen molar-refractivity contribution in [3.05, 3.63) is 83.1 Å². The van der Waals surface area contributed by atoms with Crippen LogP contribution in [0.5, 0.6) is 0 Å². The Morgan fingerprint density at radius 3 is 2.38 bits per heavy atom. The number of amides is 1. The van der Waals surface area contributed by atoms with E-state index >= 15 is 0 Å². The van der Waals surface area contributed by atoms with Crippen molar-refractivity contribution in [3.8, 4) is 5.69 Å². The van der Waals surface area contributed by atoms with Crippen molar-refractivity contribution in [1.82, 2.24) is 24.6 Å². The van der Waals surface area contributed by atoms with E-state index in [4.69, 9.17) is 0 Å². The second kappa shape index (κ2) is 7.47. The number of para-hydroxylation sites is 2. The van der Waals surface area contributed by atoms with Crippen LogP contribution in [0.2, 0.25) is 0 Å². The van der Waals surface area contributed by atoms with Gasteiger partial charge in [0.15, 0.2) is 0 Å². The van der Waals surface area contributed by atoms with E-state index in [1.807, 2.05) is 80.1 Å². The Morgan fingerprint density at radius 1 is 0.931 bits per heavy atom. The van der Waals surface area contributed by atoms with Gasteiger partial charge >= 0.3 is 0 Å². The van der Waals surface area contributed by atoms with Gasteiger partial charge in [-0.2, -0.15) is 5.10 Å². The van der Waals surface area contributed by atoms with Crippen molar-refractivity contribution in [2.24, 2.45) is 0 Å². The van der Waals surface area contributed by atoms with Gasteiger partial charge < -0.3 is 4.90 Å². The van der Waals surface area contributed by atoms with Crippen LogP contribution >= 0.6 is 0 Å². The SMILES string of the molecule is Cc1nn(-c2ccccc2)c(C)c1C(=O)N(C)Cc1nc(C)c2ccccc2n1. The number of rotatable bonds is 4. The standard InChI is InChI=1S/C23H23N5O/c1-15-19-12-8-9-13-20(19)25-21(24-15)14-27(4)23(29)22-16(2)26-28(17(22)3)18-10-6-5-7-11-18/h5-13H,14H2,1-4H3. The molecule has 0 radical (unpaired) electrons. The molecule has 0 unspecified atom stereocenters. The highest BCUT2D eigenvalue weighted by Crippen LogP contribution is 2.20. The Bertz CT molecular complexity index is 1200.